The molecule has 156 valence electrons. The van der Waals surface area contributed by atoms with Gasteiger partial charge in [0, 0.05) is 6.42 Å². The number of amides is 1. The third kappa shape index (κ3) is 9.22. The Morgan fingerprint density at radius 1 is 1.21 bits per heavy atom. The number of phenols is 1. The van der Waals surface area contributed by atoms with E-state index in [1.165, 1.54) is 12.1 Å². The van der Waals surface area contributed by atoms with Crippen LogP contribution in [-0.2, 0) is 20.7 Å². The third-order valence-corrected chi connectivity index (χ3v) is 3.72. The number of alkyl carbamates (subject to hydrolysis) is 1. The van der Waals surface area contributed by atoms with Crippen LogP contribution in [0.5, 0.6) is 5.75 Å². The van der Waals surface area contributed by atoms with Crippen LogP contribution in [0.25, 0.3) is 0 Å². The lowest BCUT2D eigenvalue weighted by Gasteiger charge is -2.22. The fraction of sp³-hybridized carbons (Fsp3) is 0.526. The predicted molar refractivity (Wildman–Crippen MR) is 101 cm³/mol. The van der Waals surface area contributed by atoms with Crippen LogP contribution in [0, 0.1) is 0 Å². The highest BCUT2D eigenvalue weighted by atomic mass is 16.6. The number of carboxylic acids is 2. The minimum absolute atomic E-state index is 0.0979. The summed E-state index contributed by atoms with van der Waals surface area (Å²) in [4.78, 5) is 32.9. The molecule has 9 heteroatoms. The quantitative estimate of drug-likeness (QED) is 0.506. The van der Waals surface area contributed by atoms with E-state index in [9.17, 15) is 14.4 Å². The van der Waals surface area contributed by atoms with Gasteiger partial charge < -0.3 is 30.7 Å². The van der Waals surface area contributed by atoms with Crippen LogP contribution in [0.3, 0.4) is 0 Å². The maximum atomic E-state index is 11.6. The van der Waals surface area contributed by atoms with E-state index >= 15 is 0 Å². The highest BCUT2D eigenvalue weighted by molar-refractivity contribution is 5.80. The molecule has 0 bridgehead atoms. The summed E-state index contributed by atoms with van der Waals surface area (Å²) in [6, 6.07) is 4.76. The van der Waals surface area contributed by atoms with E-state index in [1.807, 2.05) is 0 Å². The SMILES string of the molecule is CC(C)(C)OC(=O)NC(Cc1ccc(O)cc1)C(=O)O.O=C(O)[C@@H]1CCCN1. The average Bonchev–Trinajstić information content (AvgIpc) is 3.10. The van der Waals surface area contributed by atoms with E-state index in [0.29, 0.717) is 5.56 Å². The second-order valence-corrected chi connectivity index (χ2v) is 7.39. The highest BCUT2D eigenvalue weighted by Gasteiger charge is 2.24. The zero-order valence-corrected chi connectivity index (χ0v) is 16.3. The van der Waals surface area contributed by atoms with Crippen molar-refractivity contribution in [2.45, 2.75) is 57.7 Å². The Morgan fingerprint density at radius 3 is 2.21 bits per heavy atom. The Labute approximate surface area is 163 Å². The molecule has 0 spiro atoms. The second-order valence-electron chi connectivity index (χ2n) is 7.39. The molecular formula is C19H28N2O7. The third-order valence-electron chi connectivity index (χ3n) is 3.72. The van der Waals surface area contributed by atoms with E-state index in [4.69, 9.17) is 20.1 Å². The molecule has 2 atom stereocenters. The minimum Gasteiger partial charge on any atom is -0.508 e. The summed E-state index contributed by atoms with van der Waals surface area (Å²) < 4.78 is 5.02. The topological polar surface area (TPSA) is 145 Å². The lowest BCUT2D eigenvalue weighted by Crippen LogP contribution is -2.44. The van der Waals surface area contributed by atoms with Crippen molar-refractivity contribution in [3.05, 3.63) is 29.8 Å². The van der Waals surface area contributed by atoms with Crippen LogP contribution < -0.4 is 10.6 Å². The molecule has 0 aliphatic carbocycles. The number of hydrogen-bond acceptors (Lipinski definition) is 6. The molecule has 1 unspecified atom stereocenters. The fourth-order valence-electron chi connectivity index (χ4n) is 2.41. The molecule has 28 heavy (non-hydrogen) atoms. The summed E-state index contributed by atoms with van der Waals surface area (Å²) in [7, 11) is 0. The largest absolute Gasteiger partial charge is 0.508 e. The average molecular weight is 396 g/mol. The van der Waals surface area contributed by atoms with E-state index in [0.717, 1.165) is 19.4 Å². The lowest BCUT2D eigenvalue weighted by atomic mass is 10.1. The van der Waals surface area contributed by atoms with Crippen molar-refractivity contribution in [3.8, 4) is 5.75 Å². The van der Waals surface area contributed by atoms with Gasteiger partial charge in [-0.25, -0.2) is 9.59 Å². The van der Waals surface area contributed by atoms with Crippen LogP contribution in [0.4, 0.5) is 4.79 Å². The minimum atomic E-state index is -1.15. The van der Waals surface area contributed by atoms with Crippen molar-refractivity contribution in [2.24, 2.45) is 0 Å². The van der Waals surface area contributed by atoms with Gasteiger partial charge in [0.1, 0.15) is 23.4 Å². The number of carbonyl (C=O) groups is 3. The van der Waals surface area contributed by atoms with Gasteiger partial charge in [0.15, 0.2) is 0 Å². The molecule has 1 aromatic carbocycles. The monoisotopic (exact) mass is 396 g/mol. The zero-order valence-electron chi connectivity index (χ0n) is 16.3. The summed E-state index contributed by atoms with van der Waals surface area (Å²) in [5, 5.41) is 31.8. The first-order valence-corrected chi connectivity index (χ1v) is 8.94. The Morgan fingerprint density at radius 2 is 1.82 bits per heavy atom. The molecule has 1 fully saturated rings. The first-order chi connectivity index (χ1) is 13.0. The van der Waals surface area contributed by atoms with Gasteiger partial charge in [-0.3, -0.25) is 4.79 Å². The van der Waals surface area contributed by atoms with E-state index < -0.39 is 29.7 Å². The lowest BCUT2D eigenvalue weighted by molar-refractivity contribution is -0.140. The van der Waals surface area contributed by atoms with Crippen molar-refractivity contribution in [1.29, 1.82) is 0 Å². The van der Waals surface area contributed by atoms with Gasteiger partial charge in [-0.15, -0.1) is 0 Å². The Bertz CT molecular complexity index is 662. The first kappa shape index (κ1) is 23.2. The van der Waals surface area contributed by atoms with Crippen molar-refractivity contribution >= 4 is 18.0 Å². The van der Waals surface area contributed by atoms with Gasteiger partial charge in [0.2, 0.25) is 0 Å². The number of ether oxygens (including phenoxy) is 1. The van der Waals surface area contributed by atoms with Crippen molar-refractivity contribution in [3.63, 3.8) is 0 Å². The molecule has 0 saturated carbocycles. The number of aliphatic carboxylic acids is 2. The van der Waals surface area contributed by atoms with Crippen LogP contribution in [0.2, 0.25) is 0 Å². The number of nitrogens with one attached hydrogen (secondary N) is 2. The zero-order chi connectivity index (χ0) is 21.3. The molecule has 1 heterocycles. The van der Waals surface area contributed by atoms with Gasteiger partial charge in [0.25, 0.3) is 0 Å². The van der Waals surface area contributed by atoms with Gasteiger partial charge in [-0.05, 0) is 57.9 Å². The Hall–Kier alpha value is -2.81. The summed E-state index contributed by atoms with van der Waals surface area (Å²) in [5.74, 6) is -1.77. The van der Waals surface area contributed by atoms with Gasteiger partial charge in [-0.2, -0.15) is 0 Å². The van der Waals surface area contributed by atoms with Crippen LogP contribution in [0.1, 0.15) is 39.2 Å². The predicted octanol–water partition coefficient (Wildman–Crippen LogP) is 1.74. The smallest absolute Gasteiger partial charge is 0.408 e. The molecule has 1 amide bonds. The summed E-state index contributed by atoms with van der Waals surface area (Å²) in [6.07, 6.45) is 1.12. The molecular weight excluding hydrogens is 368 g/mol. The van der Waals surface area contributed by atoms with E-state index in [1.54, 1.807) is 32.9 Å². The normalized spacial score (nSPS) is 17.0. The number of carbonyl (C=O) groups excluding carboxylic acids is 1. The second kappa shape index (κ2) is 10.5. The van der Waals surface area contributed by atoms with Gasteiger partial charge >= 0.3 is 18.0 Å². The van der Waals surface area contributed by atoms with Gasteiger partial charge in [-0.1, -0.05) is 12.1 Å². The van der Waals surface area contributed by atoms with Gasteiger partial charge in [0.05, 0.1) is 0 Å². The number of benzene rings is 1. The maximum Gasteiger partial charge on any atom is 0.408 e. The number of aromatic hydroxyl groups is 1. The maximum absolute atomic E-state index is 11.6. The highest BCUT2D eigenvalue weighted by Crippen LogP contribution is 2.12. The van der Waals surface area contributed by atoms with Crippen molar-refractivity contribution in [2.75, 3.05) is 6.54 Å². The van der Waals surface area contributed by atoms with Crippen LogP contribution in [0.15, 0.2) is 24.3 Å². The molecule has 1 aliphatic rings. The molecule has 0 radical (unpaired) electrons. The summed E-state index contributed by atoms with van der Waals surface area (Å²) in [5.41, 5.74) is -0.00247. The Kier molecular flexibility index (Phi) is 8.72. The summed E-state index contributed by atoms with van der Waals surface area (Å²) >= 11 is 0. The standard InChI is InChI=1S/C14H19NO5.C5H9NO2/c1-14(2,3)20-13(19)15-11(12(17)18)8-9-4-6-10(16)7-5-9;7-5(8)4-2-1-3-6-4/h4-7,11,16H,8H2,1-3H3,(H,15,19)(H,17,18);4,6H,1-3H2,(H,7,8)/t;4-/m.0/s1. The van der Waals surface area contributed by atoms with Crippen LogP contribution in [-0.4, -0.2) is 57.6 Å². The van der Waals surface area contributed by atoms with Crippen LogP contribution >= 0.6 is 0 Å². The number of carboxylic acid groups (broad SMARTS) is 2. The van der Waals surface area contributed by atoms with E-state index in [-0.39, 0.29) is 18.2 Å². The van der Waals surface area contributed by atoms with Crippen molar-refractivity contribution < 1.29 is 34.4 Å². The Balaban J connectivity index is 0.000000406. The molecule has 0 aromatic heterocycles. The first-order valence-electron chi connectivity index (χ1n) is 8.94. The molecule has 2 rings (SSSR count). The molecule has 1 aromatic rings. The molecule has 9 nitrogen and oxygen atoms in total. The fourth-order valence-corrected chi connectivity index (χ4v) is 2.41. The number of hydrogen-bond donors (Lipinski definition) is 5. The molecule has 1 aliphatic heterocycles. The number of phenolic OH excluding ortho intramolecular Hbond substituents is 1. The molecule has 1 saturated heterocycles. The number of rotatable bonds is 5. The summed E-state index contributed by atoms with van der Waals surface area (Å²) in [6.45, 7) is 5.95. The van der Waals surface area contributed by atoms with Crippen molar-refractivity contribution in [1.82, 2.24) is 10.6 Å². The molecule has 5 N–H and O–H groups in total. The van der Waals surface area contributed by atoms with E-state index in [2.05, 4.69) is 10.6 Å².